The zero-order valence-electron chi connectivity index (χ0n) is 21.0. The number of aliphatic imine (C=N–C) groups is 1. The molecule has 4 aromatic rings. The molecule has 39 heavy (non-hydrogen) atoms. The van der Waals surface area contributed by atoms with Crippen LogP contribution in [0.3, 0.4) is 0 Å². The molecule has 1 fully saturated rings. The van der Waals surface area contributed by atoms with Crippen molar-refractivity contribution in [3.63, 3.8) is 0 Å². The Balaban J connectivity index is 1.74. The Morgan fingerprint density at radius 3 is 2.49 bits per heavy atom. The first-order valence-corrected chi connectivity index (χ1v) is 11.9. The van der Waals surface area contributed by atoms with Gasteiger partial charge in [-0.25, -0.2) is 23.8 Å². The van der Waals surface area contributed by atoms with Crippen LogP contribution in [0, 0.1) is 18.3 Å². The van der Waals surface area contributed by atoms with E-state index in [2.05, 4.69) is 10.1 Å². The Morgan fingerprint density at radius 2 is 1.85 bits per heavy atom. The van der Waals surface area contributed by atoms with Crippen molar-refractivity contribution in [2.75, 3.05) is 20.1 Å². The van der Waals surface area contributed by atoms with Crippen molar-refractivity contribution >= 4 is 11.7 Å². The Kier molecular flexibility index (Phi) is 6.53. The molecule has 1 amide bonds. The first-order valence-electron chi connectivity index (χ1n) is 11.9. The molecule has 9 nitrogen and oxygen atoms in total. The molecular formula is C27H22F3N7O2. The second-order valence-corrected chi connectivity index (χ2v) is 9.17. The minimum Gasteiger partial charge on any atom is -0.301 e. The molecule has 198 valence electrons. The quantitative estimate of drug-likeness (QED) is 0.388. The third kappa shape index (κ3) is 4.80. The maximum atomic E-state index is 13.8. The largest absolute Gasteiger partial charge is 0.416 e. The van der Waals surface area contributed by atoms with Gasteiger partial charge in [-0.3, -0.25) is 4.57 Å². The fraction of sp³-hybridized carbons (Fsp3) is 0.222. The fourth-order valence-electron chi connectivity index (χ4n) is 4.64. The van der Waals surface area contributed by atoms with Gasteiger partial charge in [0.1, 0.15) is 5.69 Å². The lowest BCUT2D eigenvalue weighted by Crippen LogP contribution is -2.29. The molecule has 0 aliphatic carbocycles. The smallest absolute Gasteiger partial charge is 0.301 e. The molecule has 12 heteroatoms. The summed E-state index contributed by atoms with van der Waals surface area (Å²) in [5.74, 6) is 0. The van der Waals surface area contributed by atoms with Crippen molar-refractivity contribution in [3.8, 4) is 28.8 Å². The van der Waals surface area contributed by atoms with Gasteiger partial charge in [-0.2, -0.15) is 23.5 Å². The van der Waals surface area contributed by atoms with Crippen molar-refractivity contribution in [3.05, 3.63) is 88.1 Å². The number of hydrogen-bond acceptors (Lipinski definition) is 5. The number of hydrogen-bond donors (Lipinski definition) is 0. The van der Waals surface area contributed by atoms with Crippen LogP contribution in [0.4, 0.5) is 18.0 Å². The summed E-state index contributed by atoms with van der Waals surface area (Å²) in [6.45, 7) is 2.73. The summed E-state index contributed by atoms with van der Waals surface area (Å²) in [6, 6.07) is 13.7. The van der Waals surface area contributed by atoms with Gasteiger partial charge in [-0.15, -0.1) is 0 Å². The van der Waals surface area contributed by atoms with Crippen LogP contribution in [0.2, 0.25) is 0 Å². The molecule has 0 radical (unpaired) electrons. The van der Waals surface area contributed by atoms with Crippen molar-refractivity contribution in [1.29, 1.82) is 5.26 Å². The maximum Gasteiger partial charge on any atom is 0.416 e. The average molecular weight is 534 g/mol. The van der Waals surface area contributed by atoms with Gasteiger partial charge in [0.25, 0.3) is 0 Å². The summed E-state index contributed by atoms with van der Waals surface area (Å²) in [5.41, 5.74) is 0.477. The second-order valence-electron chi connectivity index (χ2n) is 9.17. The van der Waals surface area contributed by atoms with E-state index in [-0.39, 0.29) is 17.1 Å². The minimum absolute atomic E-state index is 0.0437. The van der Waals surface area contributed by atoms with Crippen LogP contribution in [0.25, 0.3) is 22.8 Å². The van der Waals surface area contributed by atoms with E-state index in [1.807, 2.05) is 18.0 Å². The van der Waals surface area contributed by atoms with Gasteiger partial charge in [0.05, 0.1) is 46.2 Å². The number of amides is 1. The molecular weight excluding hydrogens is 511 g/mol. The number of alkyl halides is 3. The number of imidazole rings is 1. The van der Waals surface area contributed by atoms with Crippen LogP contribution in [0.5, 0.6) is 0 Å². The zero-order chi connectivity index (χ0) is 27.9. The van der Waals surface area contributed by atoms with Gasteiger partial charge in [0.2, 0.25) is 0 Å². The second kappa shape index (κ2) is 9.85. The SMILES string of the molecule is Cc1c(-c2ccnn2-c2ccc(C#N)cc2)n(C(=O)N=C2CCN(C)C2)c(=O)n1-c1cccc(C(F)(F)F)c1. The Hall–Kier alpha value is -4.76. The number of nitriles is 1. The zero-order valence-corrected chi connectivity index (χ0v) is 21.0. The number of rotatable bonds is 3. The first-order chi connectivity index (χ1) is 18.6. The number of nitrogens with zero attached hydrogens (tertiary/aromatic N) is 7. The standard InChI is InChI=1S/C27H22F3N7O2/c1-17-24(23-10-12-32-37(23)21-8-6-18(15-31)7-9-21)36(25(38)33-20-11-13-34(2)16-20)26(39)35(17)22-5-3-4-19(14-22)27(28,29)30/h3-10,12,14H,11,13,16H2,1-2H3. The molecule has 0 saturated carbocycles. The van der Waals surface area contributed by atoms with Crippen LogP contribution in [-0.2, 0) is 6.18 Å². The van der Waals surface area contributed by atoms with E-state index in [1.165, 1.54) is 23.0 Å². The summed E-state index contributed by atoms with van der Waals surface area (Å²) < 4.78 is 43.9. The summed E-state index contributed by atoms with van der Waals surface area (Å²) in [4.78, 5) is 33.4. The molecule has 0 N–H and O–H groups in total. The van der Waals surface area contributed by atoms with Crippen molar-refractivity contribution in [2.45, 2.75) is 19.5 Å². The Morgan fingerprint density at radius 1 is 1.10 bits per heavy atom. The molecule has 0 atom stereocenters. The predicted octanol–water partition coefficient (Wildman–Crippen LogP) is 4.44. The molecule has 1 aliphatic heterocycles. The predicted molar refractivity (Wildman–Crippen MR) is 137 cm³/mol. The van der Waals surface area contributed by atoms with Gasteiger partial charge < -0.3 is 4.90 Å². The number of benzene rings is 2. The van der Waals surface area contributed by atoms with E-state index >= 15 is 0 Å². The monoisotopic (exact) mass is 533 g/mol. The minimum atomic E-state index is -4.62. The number of aromatic nitrogens is 4. The van der Waals surface area contributed by atoms with Crippen LogP contribution in [-0.4, -0.2) is 55.7 Å². The van der Waals surface area contributed by atoms with Crippen molar-refractivity contribution in [1.82, 2.24) is 23.8 Å². The number of carbonyl (C=O) groups is 1. The van der Waals surface area contributed by atoms with Gasteiger partial charge >= 0.3 is 17.9 Å². The summed E-state index contributed by atoms with van der Waals surface area (Å²) >= 11 is 0. The maximum absolute atomic E-state index is 13.8. The Bertz CT molecular complexity index is 1700. The summed E-state index contributed by atoms with van der Waals surface area (Å²) in [7, 11) is 1.88. The van der Waals surface area contributed by atoms with Crippen LogP contribution in [0.15, 0.2) is 70.6 Å². The Labute approximate surface area is 220 Å². The highest BCUT2D eigenvalue weighted by molar-refractivity contribution is 5.99. The molecule has 0 spiro atoms. The molecule has 0 unspecified atom stereocenters. The third-order valence-electron chi connectivity index (χ3n) is 6.52. The molecule has 5 rings (SSSR count). The van der Waals surface area contributed by atoms with Gasteiger partial charge in [0.15, 0.2) is 0 Å². The van der Waals surface area contributed by atoms with Crippen molar-refractivity contribution in [2.24, 2.45) is 4.99 Å². The molecule has 2 aromatic carbocycles. The van der Waals surface area contributed by atoms with Crippen LogP contribution < -0.4 is 5.69 Å². The van der Waals surface area contributed by atoms with E-state index < -0.39 is 23.5 Å². The van der Waals surface area contributed by atoms with E-state index in [0.717, 1.165) is 21.3 Å². The molecule has 3 heterocycles. The first kappa shape index (κ1) is 25.9. The lowest BCUT2D eigenvalue weighted by molar-refractivity contribution is -0.137. The molecule has 0 bridgehead atoms. The number of halogens is 3. The fourth-order valence-corrected chi connectivity index (χ4v) is 4.64. The number of carbonyl (C=O) groups excluding carboxylic acids is 1. The van der Waals surface area contributed by atoms with E-state index in [4.69, 9.17) is 5.26 Å². The van der Waals surface area contributed by atoms with Crippen LogP contribution in [0.1, 0.15) is 23.2 Å². The topological polar surface area (TPSA) is 101 Å². The lowest BCUT2D eigenvalue weighted by Gasteiger charge is -2.11. The summed E-state index contributed by atoms with van der Waals surface area (Å²) in [6.07, 6.45) is -2.59. The van der Waals surface area contributed by atoms with E-state index in [9.17, 15) is 22.8 Å². The third-order valence-corrected chi connectivity index (χ3v) is 6.52. The molecule has 1 aliphatic rings. The van der Waals surface area contributed by atoms with E-state index in [0.29, 0.717) is 42.2 Å². The lowest BCUT2D eigenvalue weighted by atomic mass is 10.2. The summed E-state index contributed by atoms with van der Waals surface area (Å²) in [5, 5.41) is 13.5. The van der Waals surface area contributed by atoms with Gasteiger partial charge in [0, 0.05) is 18.8 Å². The highest BCUT2D eigenvalue weighted by atomic mass is 19.4. The van der Waals surface area contributed by atoms with Crippen molar-refractivity contribution < 1.29 is 18.0 Å². The molecule has 1 saturated heterocycles. The van der Waals surface area contributed by atoms with Crippen LogP contribution >= 0.6 is 0 Å². The normalized spacial score (nSPS) is 15.1. The highest BCUT2D eigenvalue weighted by Gasteiger charge is 2.32. The van der Waals surface area contributed by atoms with Gasteiger partial charge in [-0.1, -0.05) is 6.07 Å². The van der Waals surface area contributed by atoms with Gasteiger partial charge in [-0.05, 0) is 68.9 Å². The average Bonchev–Trinajstić information content (AvgIpc) is 3.61. The van der Waals surface area contributed by atoms with E-state index in [1.54, 1.807) is 37.3 Å². The number of likely N-dealkylation sites (tertiary alicyclic amines) is 1. The highest BCUT2D eigenvalue weighted by Crippen LogP contribution is 2.32. The molecule has 2 aromatic heterocycles.